The molecule has 0 amide bonds. The van der Waals surface area contributed by atoms with E-state index >= 15 is 0 Å². The largest absolute Gasteiger partial charge is 0.673 e. The van der Waals surface area contributed by atoms with Gasteiger partial charge in [0.1, 0.15) is 0 Å². The van der Waals surface area contributed by atoms with E-state index in [0.29, 0.717) is 18.1 Å². The van der Waals surface area contributed by atoms with Gasteiger partial charge in [-0.25, -0.2) is 0 Å². The van der Waals surface area contributed by atoms with Crippen LogP contribution in [0.3, 0.4) is 0 Å². The Morgan fingerprint density at radius 1 is 0.769 bits per heavy atom. The summed E-state index contributed by atoms with van der Waals surface area (Å²) in [5.41, 5.74) is 0. The lowest BCUT2D eigenvalue weighted by Gasteiger charge is -2.34. The molecule has 3 nitrogen and oxygen atoms in total. The summed E-state index contributed by atoms with van der Waals surface area (Å²) in [5, 5.41) is 11.3. The predicted octanol–water partition coefficient (Wildman–Crippen LogP) is 4.88. The van der Waals surface area contributed by atoms with Crippen LogP contribution in [-0.2, 0) is 0 Å². The van der Waals surface area contributed by atoms with Crippen molar-refractivity contribution in [2.45, 2.75) is 104 Å². The molecule has 0 aliphatic heterocycles. The smallest absolute Gasteiger partial charge is 0.418 e. The van der Waals surface area contributed by atoms with Gasteiger partial charge >= 0.3 is 7.25 Å². The van der Waals surface area contributed by atoms with E-state index in [2.05, 4.69) is 66.7 Å². The molecular weight excluding hydrogens is 364 g/mol. The average Bonchev–Trinajstić information content (AvgIpc) is 2.44. The van der Waals surface area contributed by atoms with Crippen LogP contribution in [0.2, 0.25) is 0 Å². The van der Waals surface area contributed by atoms with E-state index in [9.17, 15) is 17.3 Å². The predicted molar refractivity (Wildman–Crippen MR) is 111 cm³/mol. The van der Waals surface area contributed by atoms with E-state index < -0.39 is 7.25 Å². The zero-order valence-electron chi connectivity index (χ0n) is 17.5. The van der Waals surface area contributed by atoms with Crippen LogP contribution in [0.15, 0.2) is 0 Å². The Hall–Kier alpha value is 0.0949. The fourth-order valence-corrected chi connectivity index (χ4v) is 3.82. The Bertz CT molecular complexity index is 316. The first-order chi connectivity index (χ1) is 11.9. The molecule has 0 spiro atoms. The van der Waals surface area contributed by atoms with Gasteiger partial charge in [-0.2, -0.15) is 0 Å². The summed E-state index contributed by atoms with van der Waals surface area (Å²) in [5.74, 6) is 0. The van der Waals surface area contributed by atoms with Gasteiger partial charge in [0.2, 0.25) is 0 Å². The van der Waals surface area contributed by atoms with E-state index in [1.807, 2.05) is 0 Å². The van der Waals surface area contributed by atoms with Crippen molar-refractivity contribution in [2.24, 2.45) is 0 Å². The molecule has 4 unspecified atom stereocenters. The van der Waals surface area contributed by atoms with Gasteiger partial charge in [0.25, 0.3) is 0 Å². The minimum absolute atomic E-state index is 0.00876. The maximum atomic E-state index is 9.75. The number of hydrogen-bond acceptors (Lipinski definition) is 3. The molecule has 0 rings (SSSR count). The Labute approximate surface area is 160 Å². The normalized spacial score (nSPS) is 17.8. The second kappa shape index (κ2) is 15.1. The highest BCUT2D eigenvalue weighted by atomic mass is 31.0. The first-order valence-corrected chi connectivity index (χ1v) is 10.6. The maximum Gasteiger partial charge on any atom is 0.673 e. The van der Waals surface area contributed by atoms with Crippen LogP contribution in [0.1, 0.15) is 80.1 Å². The van der Waals surface area contributed by atoms with Crippen molar-refractivity contribution >= 4 is 16.5 Å². The topological polar surface area (TPSA) is 36.1 Å². The van der Waals surface area contributed by atoms with Crippen molar-refractivity contribution < 1.29 is 17.3 Å². The van der Waals surface area contributed by atoms with Gasteiger partial charge < -0.3 is 22.6 Å². The molecule has 0 saturated carbocycles. The van der Waals surface area contributed by atoms with Gasteiger partial charge in [-0.15, -0.1) is 0 Å². The van der Waals surface area contributed by atoms with Gasteiger partial charge in [0, 0.05) is 27.4 Å². The van der Waals surface area contributed by atoms with Crippen LogP contribution >= 0.6 is 9.24 Å². The van der Waals surface area contributed by atoms with Gasteiger partial charge in [-0.05, 0) is 40.0 Å². The van der Waals surface area contributed by atoms with Crippen LogP contribution < -0.4 is 16.0 Å². The molecule has 0 fully saturated rings. The molecule has 0 aliphatic rings. The number of rotatable bonds is 13. The van der Waals surface area contributed by atoms with Crippen molar-refractivity contribution in [1.82, 2.24) is 16.0 Å². The monoisotopic (exact) mass is 405 g/mol. The number of hydrogen-bond donors (Lipinski definition) is 3. The Morgan fingerprint density at radius 3 is 1.38 bits per heavy atom. The van der Waals surface area contributed by atoms with Crippen LogP contribution in [0.4, 0.5) is 17.3 Å². The Morgan fingerprint density at radius 2 is 1.08 bits per heavy atom. The highest BCUT2D eigenvalue weighted by Gasteiger charge is 2.32. The molecule has 0 saturated heterocycles. The van der Waals surface area contributed by atoms with Crippen molar-refractivity contribution in [1.29, 1.82) is 0 Å². The molecule has 0 aromatic carbocycles. The third-order valence-electron chi connectivity index (χ3n) is 3.96. The van der Waals surface area contributed by atoms with Crippen LogP contribution in [0.5, 0.6) is 0 Å². The zero-order chi connectivity index (χ0) is 20.8. The average molecular weight is 405 g/mol. The summed E-state index contributed by atoms with van der Waals surface area (Å²) in [7, 11) is -3.94. The summed E-state index contributed by atoms with van der Waals surface area (Å²) in [6.45, 7) is 14.6. The number of halogens is 4. The summed E-state index contributed by atoms with van der Waals surface area (Å²) in [4.78, 5) is 0. The Kier molecular flexibility index (Phi) is 16.4. The van der Waals surface area contributed by atoms with E-state index in [0.717, 1.165) is 6.54 Å². The van der Waals surface area contributed by atoms with Gasteiger partial charge in [0.15, 0.2) is 5.40 Å². The molecule has 0 radical (unpaired) electrons. The molecule has 0 aromatic heterocycles. The second-order valence-electron chi connectivity index (χ2n) is 7.32. The minimum atomic E-state index is -6.00. The second-order valence-corrected chi connectivity index (χ2v) is 8.52. The van der Waals surface area contributed by atoms with E-state index in [4.69, 9.17) is 0 Å². The molecule has 26 heavy (non-hydrogen) atoms. The molecule has 3 N–H and O–H groups in total. The van der Waals surface area contributed by atoms with Crippen LogP contribution in [0, 0.1) is 0 Å². The molecule has 160 valence electrons. The highest BCUT2D eigenvalue weighted by Crippen LogP contribution is 2.16. The van der Waals surface area contributed by atoms with Gasteiger partial charge in [-0.3, -0.25) is 10.6 Å². The molecule has 0 aliphatic carbocycles. The van der Waals surface area contributed by atoms with Gasteiger partial charge in [-0.1, -0.05) is 40.0 Å². The molecule has 0 heterocycles. The first-order valence-electron chi connectivity index (χ1n) is 9.88. The fraction of sp³-hybridized carbons (Fsp3) is 1.00. The Balaban J connectivity index is 0. The lowest BCUT2D eigenvalue weighted by Crippen LogP contribution is -2.63. The summed E-state index contributed by atoms with van der Waals surface area (Å²) >= 11 is 0. The molecule has 9 heteroatoms. The van der Waals surface area contributed by atoms with Crippen LogP contribution in [-0.4, -0.2) is 37.3 Å². The van der Waals surface area contributed by atoms with E-state index in [1.54, 1.807) is 0 Å². The van der Waals surface area contributed by atoms with Crippen molar-refractivity contribution in [3.8, 4) is 0 Å². The standard InChI is InChI=1S/C17H40N3P.BF4/c1-7-10-14(4)18-13-17(21,19-15(5)11-8-2)20-16(6)12-9-3;2-1(3,4)5/h14-16,18-20H,7-13,21H2,1-6H3;/q;-1/p+1. The lowest BCUT2D eigenvalue weighted by molar-refractivity contribution is 0.278. The van der Waals surface area contributed by atoms with Crippen LogP contribution in [0.25, 0.3) is 0 Å². The van der Waals surface area contributed by atoms with E-state index in [-0.39, 0.29) is 5.40 Å². The third-order valence-corrected chi connectivity index (χ3v) is 4.62. The fourth-order valence-electron chi connectivity index (χ4n) is 2.98. The summed E-state index contributed by atoms with van der Waals surface area (Å²) < 4.78 is 39.0. The molecule has 0 bridgehead atoms. The minimum Gasteiger partial charge on any atom is -0.418 e. The quantitative estimate of drug-likeness (QED) is 0.177. The summed E-state index contributed by atoms with van der Waals surface area (Å²) in [6, 6.07) is 1.69. The highest BCUT2D eigenvalue weighted by molar-refractivity contribution is 7.18. The lowest BCUT2D eigenvalue weighted by atomic mass is 10.1. The third kappa shape index (κ3) is 20.4. The van der Waals surface area contributed by atoms with Crippen molar-refractivity contribution in [3.05, 3.63) is 0 Å². The van der Waals surface area contributed by atoms with Crippen molar-refractivity contribution in [3.63, 3.8) is 0 Å². The van der Waals surface area contributed by atoms with Crippen molar-refractivity contribution in [2.75, 3.05) is 6.54 Å². The molecular formula is C17H41BF4N3P. The summed E-state index contributed by atoms with van der Waals surface area (Å²) in [6.07, 6.45) is 7.42. The molecule has 4 atom stereocenters. The van der Waals surface area contributed by atoms with Gasteiger partial charge in [0.05, 0.1) is 6.54 Å². The zero-order valence-corrected chi connectivity index (χ0v) is 18.9. The maximum absolute atomic E-state index is 9.75. The number of nitrogens with one attached hydrogen (secondary N) is 3. The first kappa shape index (κ1) is 28.3. The van der Waals surface area contributed by atoms with E-state index in [1.165, 1.54) is 38.5 Å². The SMILES string of the molecule is CCCC(C)NCC([PH3+])(NC(C)CCC)NC(C)CCC.F[B-](F)(F)F. The molecule has 0 aromatic rings.